The van der Waals surface area contributed by atoms with E-state index in [2.05, 4.69) is 4.57 Å². The van der Waals surface area contributed by atoms with Gasteiger partial charge in [0, 0.05) is 30.4 Å². The molecule has 2 aromatic carbocycles. The van der Waals surface area contributed by atoms with E-state index in [1.165, 1.54) is 0 Å². The first-order chi connectivity index (χ1) is 23.3. The monoisotopic (exact) mass is 728 g/mol. The van der Waals surface area contributed by atoms with Crippen LogP contribution >= 0.6 is 0 Å². The van der Waals surface area contributed by atoms with Crippen molar-refractivity contribution in [2.24, 2.45) is 0 Å². The Hall–Kier alpha value is -3.17. The minimum Gasteiger partial charge on any atom is -0.508 e. The summed E-state index contributed by atoms with van der Waals surface area (Å²) in [4.78, 5) is 1.86. The highest BCUT2D eigenvalue weighted by molar-refractivity contribution is 5.92. The molecule has 15 heteroatoms. The highest BCUT2D eigenvalue weighted by atomic mass is 19.4. The SMILES string of the molecule is Cc1c(-c2ccc(O)cc2)n(CCCCCCCN(CCCCCCC(F)(F)C(F)(F)C(F)(F)C(F)(F)F)CC(O)CO)c2ccc(O)cc12. The van der Waals surface area contributed by atoms with Gasteiger partial charge in [0.25, 0.3) is 0 Å². The summed E-state index contributed by atoms with van der Waals surface area (Å²) in [5.74, 6) is -18.7. The van der Waals surface area contributed by atoms with E-state index in [0.717, 1.165) is 59.8 Å². The van der Waals surface area contributed by atoms with Crippen molar-refractivity contribution in [1.29, 1.82) is 0 Å². The molecule has 0 fully saturated rings. The first kappa shape index (κ1) is 41.3. The van der Waals surface area contributed by atoms with Crippen molar-refractivity contribution in [2.75, 3.05) is 26.2 Å². The minimum atomic E-state index is -6.88. The molecule has 4 N–H and O–H groups in total. The van der Waals surface area contributed by atoms with Crippen molar-refractivity contribution in [3.63, 3.8) is 0 Å². The Morgan fingerprint density at radius 3 is 1.82 bits per heavy atom. The Balaban J connectivity index is 1.44. The molecule has 1 aromatic heterocycles. The number of aryl methyl sites for hydroxylation is 2. The molecular formula is C35H45F9N2O4. The van der Waals surface area contributed by atoms with E-state index in [4.69, 9.17) is 0 Å². The van der Waals surface area contributed by atoms with Gasteiger partial charge in [0.05, 0.1) is 18.4 Å². The molecule has 0 saturated carbocycles. The lowest BCUT2D eigenvalue weighted by atomic mass is 9.98. The zero-order valence-electron chi connectivity index (χ0n) is 27.8. The van der Waals surface area contributed by atoms with Gasteiger partial charge in [-0.15, -0.1) is 0 Å². The second-order valence-electron chi connectivity index (χ2n) is 12.8. The third-order valence-electron chi connectivity index (χ3n) is 8.90. The van der Waals surface area contributed by atoms with Gasteiger partial charge in [0.2, 0.25) is 0 Å². The number of phenols is 2. The van der Waals surface area contributed by atoms with Crippen LogP contribution in [0, 0.1) is 6.92 Å². The fourth-order valence-corrected chi connectivity index (χ4v) is 6.12. The van der Waals surface area contributed by atoms with Crippen LogP contribution in [-0.4, -0.2) is 86.2 Å². The molecule has 0 aliphatic carbocycles. The molecule has 50 heavy (non-hydrogen) atoms. The highest BCUT2D eigenvalue weighted by Gasteiger charge is 2.81. The summed E-state index contributed by atoms with van der Waals surface area (Å²) in [7, 11) is 0. The first-order valence-corrected chi connectivity index (χ1v) is 16.7. The predicted octanol–water partition coefficient (Wildman–Crippen LogP) is 9.05. The second kappa shape index (κ2) is 17.4. The van der Waals surface area contributed by atoms with Crippen molar-refractivity contribution < 1.29 is 59.9 Å². The standard InChI is InChI=1S/C35H45F9N2O4/c1-24-29-21-27(49)15-16-30(29)46(31(24)25-11-13-26(48)14-12-25)20-10-5-2-4-8-18-45(22-28(50)23-47)19-9-6-3-7-17-32(36,37)33(38,39)34(40,41)35(42,43)44/h11-16,21,28,47-50H,2-10,17-20,22-23H2,1H3. The van der Waals surface area contributed by atoms with Crippen molar-refractivity contribution >= 4 is 10.9 Å². The highest BCUT2D eigenvalue weighted by Crippen LogP contribution is 2.54. The Kier molecular flexibility index (Phi) is 14.3. The fraction of sp³-hybridized carbons (Fsp3) is 0.600. The normalized spacial score (nSPS) is 13.9. The number of unbranched alkanes of at least 4 members (excludes halogenated alkanes) is 7. The topological polar surface area (TPSA) is 89.1 Å². The van der Waals surface area contributed by atoms with Gasteiger partial charge in [-0.05, 0) is 99.3 Å². The van der Waals surface area contributed by atoms with Crippen LogP contribution in [0.4, 0.5) is 39.5 Å². The number of aromatic hydroxyl groups is 2. The van der Waals surface area contributed by atoms with E-state index in [0.29, 0.717) is 26.1 Å². The van der Waals surface area contributed by atoms with Gasteiger partial charge in [0.15, 0.2) is 0 Å². The fourth-order valence-electron chi connectivity index (χ4n) is 6.12. The molecule has 1 atom stereocenters. The second-order valence-corrected chi connectivity index (χ2v) is 12.8. The molecule has 0 aliphatic heterocycles. The molecular weight excluding hydrogens is 683 g/mol. The maximum absolute atomic E-state index is 13.8. The Labute approximate surface area is 285 Å². The molecule has 0 aliphatic rings. The van der Waals surface area contributed by atoms with Crippen LogP contribution in [0.15, 0.2) is 42.5 Å². The van der Waals surface area contributed by atoms with Gasteiger partial charge in [-0.25, -0.2) is 0 Å². The molecule has 6 nitrogen and oxygen atoms in total. The molecule has 3 rings (SSSR count). The molecule has 282 valence electrons. The average molecular weight is 729 g/mol. The summed E-state index contributed by atoms with van der Waals surface area (Å²) in [6.07, 6.45) is -5.65. The van der Waals surface area contributed by atoms with E-state index >= 15 is 0 Å². The average Bonchev–Trinajstić information content (AvgIpc) is 3.31. The lowest BCUT2D eigenvalue weighted by Crippen LogP contribution is -2.60. The van der Waals surface area contributed by atoms with E-state index < -0.39 is 49.5 Å². The van der Waals surface area contributed by atoms with Crippen LogP contribution in [0.1, 0.15) is 69.8 Å². The number of halogens is 9. The number of alkyl halides is 9. The molecule has 0 amide bonds. The summed E-state index contributed by atoms with van der Waals surface area (Å²) in [6, 6.07) is 12.2. The number of rotatable bonds is 21. The minimum absolute atomic E-state index is 0.106. The number of hydrogen-bond acceptors (Lipinski definition) is 5. The number of benzene rings is 2. The summed E-state index contributed by atoms with van der Waals surface area (Å²) in [5, 5.41) is 40.0. The maximum atomic E-state index is 13.8. The number of phenolic OH excluding ortho intramolecular Hbond substituents is 2. The largest absolute Gasteiger partial charge is 0.508 e. The van der Waals surface area contributed by atoms with Crippen LogP contribution < -0.4 is 0 Å². The van der Waals surface area contributed by atoms with Gasteiger partial charge in [-0.2, -0.15) is 39.5 Å². The third-order valence-corrected chi connectivity index (χ3v) is 8.90. The van der Waals surface area contributed by atoms with Crippen LogP contribution in [0.5, 0.6) is 11.5 Å². The van der Waals surface area contributed by atoms with Crippen molar-refractivity contribution in [3.8, 4) is 22.8 Å². The number of aliphatic hydroxyl groups excluding tert-OH is 2. The molecule has 3 aromatic rings. The maximum Gasteiger partial charge on any atom is 0.460 e. The summed E-state index contributed by atoms with van der Waals surface area (Å²) < 4.78 is 120. The number of nitrogens with zero attached hydrogens (tertiary/aromatic N) is 2. The number of aliphatic hydroxyl groups is 2. The summed E-state index contributed by atoms with van der Waals surface area (Å²) in [6.45, 7) is 3.26. The number of aromatic nitrogens is 1. The third kappa shape index (κ3) is 9.99. The van der Waals surface area contributed by atoms with Crippen molar-refractivity contribution in [1.82, 2.24) is 9.47 Å². The number of fused-ring (bicyclic) bond motifs is 1. The zero-order valence-corrected chi connectivity index (χ0v) is 27.8. The Morgan fingerprint density at radius 1 is 0.700 bits per heavy atom. The predicted molar refractivity (Wildman–Crippen MR) is 172 cm³/mol. The van der Waals surface area contributed by atoms with Gasteiger partial charge in [-0.3, -0.25) is 0 Å². The lowest BCUT2D eigenvalue weighted by Gasteiger charge is -2.33. The van der Waals surface area contributed by atoms with E-state index in [9.17, 15) is 59.9 Å². The quantitative estimate of drug-likeness (QED) is 0.0650. The summed E-state index contributed by atoms with van der Waals surface area (Å²) in [5.41, 5.74) is 3.93. The van der Waals surface area contributed by atoms with Crippen LogP contribution in [0.25, 0.3) is 22.2 Å². The Morgan fingerprint density at radius 2 is 1.24 bits per heavy atom. The molecule has 1 heterocycles. The van der Waals surface area contributed by atoms with Crippen LogP contribution in [0.2, 0.25) is 0 Å². The van der Waals surface area contributed by atoms with E-state index in [1.807, 2.05) is 30.0 Å². The van der Waals surface area contributed by atoms with Crippen LogP contribution in [0.3, 0.4) is 0 Å². The van der Waals surface area contributed by atoms with Crippen LogP contribution in [-0.2, 0) is 6.54 Å². The zero-order chi connectivity index (χ0) is 37.3. The van der Waals surface area contributed by atoms with E-state index in [-0.39, 0.29) is 30.9 Å². The van der Waals surface area contributed by atoms with Gasteiger partial charge in [-0.1, -0.05) is 32.1 Å². The van der Waals surface area contributed by atoms with Crippen molar-refractivity contribution in [3.05, 3.63) is 48.0 Å². The summed E-state index contributed by atoms with van der Waals surface area (Å²) >= 11 is 0. The molecule has 0 spiro atoms. The molecule has 0 bridgehead atoms. The van der Waals surface area contributed by atoms with E-state index in [1.54, 1.807) is 24.3 Å². The van der Waals surface area contributed by atoms with Gasteiger partial charge in [0.1, 0.15) is 11.5 Å². The van der Waals surface area contributed by atoms with Crippen molar-refractivity contribution in [2.45, 2.75) is 108 Å². The molecule has 0 radical (unpaired) electrons. The molecule has 1 unspecified atom stereocenters. The smallest absolute Gasteiger partial charge is 0.460 e. The van der Waals surface area contributed by atoms with Gasteiger partial charge >= 0.3 is 23.9 Å². The molecule has 0 saturated heterocycles. The van der Waals surface area contributed by atoms with Gasteiger partial charge < -0.3 is 29.9 Å². The lowest BCUT2D eigenvalue weighted by molar-refractivity contribution is -0.396. The number of hydrogen-bond donors (Lipinski definition) is 4. The first-order valence-electron chi connectivity index (χ1n) is 16.7. The Bertz CT molecular complexity index is 1490.